The number of nitrogens with one attached hydrogen (secondary N) is 1. The molecular weight excluding hydrogens is 228 g/mol. The molecule has 0 spiro atoms. The van der Waals surface area contributed by atoms with E-state index < -0.39 is 0 Å². The molecule has 2 fully saturated rings. The molecule has 4 nitrogen and oxygen atoms in total. The number of piperidine rings is 1. The molecule has 1 N–H and O–H groups in total. The van der Waals surface area contributed by atoms with Crippen LogP contribution in [0.1, 0.15) is 33.1 Å². The number of carbonyl (C=O) groups is 1. The molecule has 0 bridgehead atoms. The van der Waals surface area contributed by atoms with Crippen molar-refractivity contribution >= 4 is 5.97 Å². The fourth-order valence-corrected chi connectivity index (χ4v) is 2.65. The Balaban J connectivity index is 1.85. The lowest BCUT2D eigenvalue weighted by Crippen LogP contribution is -2.50. The van der Waals surface area contributed by atoms with E-state index in [4.69, 9.17) is 4.74 Å². The first-order chi connectivity index (χ1) is 8.60. The van der Waals surface area contributed by atoms with Gasteiger partial charge in [0.1, 0.15) is 6.04 Å². The van der Waals surface area contributed by atoms with Crippen LogP contribution in [-0.4, -0.2) is 49.7 Å². The zero-order chi connectivity index (χ0) is 13.1. The van der Waals surface area contributed by atoms with E-state index in [0.717, 1.165) is 31.5 Å². The predicted molar refractivity (Wildman–Crippen MR) is 71.3 cm³/mol. The van der Waals surface area contributed by atoms with E-state index >= 15 is 0 Å². The summed E-state index contributed by atoms with van der Waals surface area (Å²) in [6, 6.07) is 0.387. The molecule has 0 aromatic carbocycles. The Labute approximate surface area is 110 Å². The van der Waals surface area contributed by atoms with Crippen molar-refractivity contribution in [2.45, 2.75) is 45.2 Å². The highest BCUT2D eigenvalue weighted by molar-refractivity contribution is 5.76. The number of likely N-dealkylation sites (tertiary alicyclic amines) is 1. The molecule has 1 aliphatic carbocycles. The maximum Gasteiger partial charge on any atom is 0.324 e. The number of hydrogen-bond acceptors (Lipinski definition) is 4. The van der Waals surface area contributed by atoms with Crippen LogP contribution in [0.3, 0.4) is 0 Å². The molecule has 1 saturated carbocycles. The van der Waals surface area contributed by atoms with Crippen LogP contribution in [0.15, 0.2) is 0 Å². The van der Waals surface area contributed by atoms with E-state index in [1.165, 1.54) is 26.4 Å². The minimum atomic E-state index is -0.150. The van der Waals surface area contributed by atoms with Crippen LogP contribution in [0, 0.1) is 11.8 Å². The van der Waals surface area contributed by atoms with Crippen LogP contribution >= 0.6 is 0 Å². The quantitative estimate of drug-likeness (QED) is 0.750. The molecule has 104 valence electrons. The van der Waals surface area contributed by atoms with Gasteiger partial charge in [-0.15, -0.1) is 0 Å². The van der Waals surface area contributed by atoms with Gasteiger partial charge in [-0.25, -0.2) is 0 Å². The van der Waals surface area contributed by atoms with Crippen LogP contribution in [0.4, 0.5) is 0 Å². The molecule has 0 aromatic heterocycles. The zero-order valence-corrected chi connectivity index (χ0v) is 11.8. The maximum absolute atomic E-state index is 11.8. The van der Waals surface area contributed by atoms with Gasteiger partial charge < -0.3 is 15.0 Å². The number of carbonyl (C=O) groups excluding carboxylic acids is 1. The number of esters is 1. The van der Waals surface area contributed by atoms with Gasteiger partial charge in [-0.05, 0) is 37.6 Å². The standard InChI is InChI=1S/C14H26N2O2/c1-10-6-7-16(8-11(10)2)9-13(14(17)18-3)15-12-4-5-12/h10-13,15H,4-9H2,1-3H3. The van der Waals surface area contributed by atoms with Crippen LogP contribution in [0.25, 0.3) is 0 Å². The third kappa shape index (κ3) is 3.69. The first kappa shape index (κ1) is 13.8. The smallest absolute Gasteiger partial charge is 0.324 e. The fourth-order valence-electron chi connectivity index (χ4n) is 2.65. The van der Waals surface area contributed by atoms with Gasteiger partial charge in [0.25, 0.3) is 0 Å². The monoisotopic (exact) mass is 254 g/mol. The largest absolute Gasteiger partial charge is 0.468 e. The number of ether oxygens (including phenoxy) is 1. The van der Waals surface area contributed by atoms with Crippen LogP contribution in [-0.2, 0) is 9.53 Å². The third-order valence-corrected chi connectivity index (χ3v) is 4.36. The molecule has 2 rings (SSSR count). The minimum absolute atomic E-state index is 0.117. The van der Waals surface area contributed by atoms with Gasteiger partial charge in [0.05, 0.1) is 7.11 Å². The summed E-state index contributed by atoms with van der Waals surface area (Å²) < 4.78 is 4.90. The van der Waals surface area contributed by atoms with Crippen molar-refractivity contribution in [3.8, 4) is 0 Å². The maximum atomic E-state index is 11.8. The van der Waals surface area contributed by atoms with E-state index in [1.807, 2.05) is 0 Å². The Hall–Kier alpha value is -0.610. The molecule has 0 radical (unpaired) electrons. The molecule has 4 heteroatoms. The topological polar surface area (TPSA) is 41.6 Å². The molecule has 0 amide bonds. The third-order valence-electron chi connectivity index (χ3n) is 4.36. The summed E-state index contributed by atoms with van der Waals surface area (Å²) in [5.74, 6) is 1.40. The number of hydrogen-bond donors (Lipinski definition) is 1. The molecule has 2 aliphatic rings. The highest BCUT2D eigenvalue weighted by atomic mass is 16.5. The van der Waals surface area contributed by atoms with Gasteiger partial charge in [0.15, 0.2) is 0 Å². The van der Waals surface area contributed by atoms with Crippen molar-refractivity contribution in [2.24, 2.45) is 11.8 Å². The normalized spacial score (nSPS) is 31.1. The lowest BCUT2D eigenvalue weighted by Gasteiger charge is -2.36. The molecule has 3 atom stereocenters. The average Bonchev–Trinajstić information content (AvgIpc) is 3.16. The number of methoxy groups -OCH3 is 1. The molecular formula is C14H26N2O2. The molecule has 0 aromatic rings. The van der Waals surface area contributed by atoms with Crippen LogP contribution < -0.4 is 5.32 Å². The molecule has 18 heavy (non-hydrogen) atoms. The van der Waals surface area contributed by atoms with Gasteiger partial charge in [0, 0.05) is 19.1 Å². The Morgan fingerprint density at radius 3 is 2.61 bits per heavy atom. The van der Waals surface area contributed by atoms with Gasteiger partial charge in [-0.2, -0.15) is 0 Å². The molecule has 1 aliphatic heterocycles. The van der Waals surface area contributed by atoms with E-state index in [0.29, 0.717) is 6.04 Å². The van der Waals surface area contributed by atoms with Crippen molar-refractivity contribution < 1.29 is 9.53 Å². The van der Waals surface area contributed by atoms with Gasteiger partial charge >= 0.3 is 5.97 Å². The van der Waals surface area contributed by atoms with Crippen LogP contribution in [0.5, 0.6) is 0 Å². The van der Waals surface area contributed by atoms with Gasteiger partial charge in [-0.3, -0.25) is 4.79 Å². The first-order valence-corrected chi connectivity index (χ1v) is 7.16. The summed E-state index contributed by atoms with van der Waals surface area (Å²) in [5.41, 5.74) is 0. The van der Waals surface area contributed by atoms with E-state index in [9.17, 15) is 4.79 Å². The molecule has 3 unspecified atom stereocenters. The summed E-state index contributed by atoms with van der Waals surface area (Å²) >= 11 is 0. The highest BCUT2D eigenvalue weighted by Gasteiger charge is 2.32. The van der Waals surface area contributed by atoms with Crippen LogP contribution in [0.2, 0.25) is 0 Å². The fraction of sp³-hybridized carbons (Fsp3) is 0.929. The lowest BCUT2D eigenvalue weighted by molar-refractivity contribution is -0.143. The minimum Gasteiger partial charge on any atom is -0.468 e. The highest BCUT2D eigenvalue weighted by Crippen LogP contribution is 2.23. The van der Waals surface area contributed by atoms with Crippen molar-refractivity contribution in [3.05, 3.63) is 0 Å². The van der Waals surface area contributed by atoms with Crippen molar-refractivity contribution in [3.63, 3.8) is 0 Å². The van der Waals surface area contributed by atoms with Crippen molar-refractivity contribution in [2.75, 3.05) is 26.7 Å². The second-order valence-corrected chi connectivity index (χ2v) is 6.02. The second kappa shape index (κ2) is 6.02. The summed E-state index contributed by atoms with van der Waals surface area (Å²) in [6.07, 6.45) is 3.63. The summed E-state index contributed by atoms with van der Waals surface area (Å²) in [4.78, 5) is 14.2. The van der Waals surface area contributed by atoms with Crippen molar-refractivity contribution in [1.29, 1.82) is 0 Å². The average molecular weight is 254 g/mol. The van der Waals surface area contributed by atoms with Gasteiger partial charge in [-0.1, -0.05) is 13.8 Å². The Bertz CT molecular complexity index is 292. The zero-order valence-electron chi connectivity index (χ0n) is 11.8. The second-order valence-electron chi connectivity index (χ2n) is 6.02. The Morgan fingerprint density at radius 1 is 1.33 bits per heavy atom. The molecule has 1 saturated heterocycles. The SMILES string of the molecule is COC(=O)C(CN1CCC(C)C(C)C1)NC1CC1. The Kier molecular flexibility index (Phi) is 4.62. The van der Waals surface area contributed by atoms with E-state index in [1.54, 1.807) is 0 Å². The summed E-state index contributed by atoms with van der Waals surface area (Å²) in [5, 5.41) is 3.40. The molecule has 1 heterocycles. The number of nitrogens with zero attached hydrogens (tertiary/aromatic N) is 1. The summed E-state index contributed by atoms with van der Waals surface area (Å²) in [6.45, 7) is 7.62. The lowest BCUT2D eigenvalue weighted by atomic mass is 9.88. The van der Waals surface area contributed by atoms with E-state index in [2.05, 4.69) is 24.1 Å². The predicted octanol–water partition coefficient (Wildman–Crippen LogP) is 1.26. The van der Waals surface area contributed by atoms with Gasteiger partial charge in [0.2, 0.25) is 0 Å². The summed E-state index contributed by atoms with van der Waals surface area (Å²) in [7, 11) is 1.48. The van der Waals surface area contributed by atoms with E-state index in [-0.39, 0.29) is 12.0 Å². The first-order valence-electron chi connectivity index (χ1n) is 7.16. The van der Waals surface area contributed by atoms with Crippen molar-refractivity contribution in [1.82, 2.24) is 10.2 Å². The Morgan fingerprint density at radius 2 is 2.06 bits per heavy atom. The number of rotatable bonds is 5.